The first-order valence-electron chi connectivity index (χ1n) is 5.90. The third-order valence-corrected chi connectivity index (χ3v) is 3.53. The van der Waals surface area contributed by atoms with Gasteiger partial charge in [0.15, 0.2) is 0 Å². The first-order valence-corrected chi connectivity index (χ1v) is 6.28. The molecule has 1 fully saturated rings. The highest BCUT2D eigenvalue weighted by Crippen LogP contribution is 2.33. The largest absolute Gasteiger partial charge is 0.481 e. The van der Waals surface area contributed by atoms with Crippen LogP contribution in [0.15, 0.2) is 18.2 Å². The maximum atomic E-state index is 10.9. The van der Waals surface area contributed by atoms with Gasteiger partial charge in [-0.1, -0.05) is 11.6 Å². The molecule has 7 heteroatoms. The molecule has 0 aliphatic heterocycles. The summed E-state index contributed by atoms with van der Waals surface area (Å²) in [4.78, 5) is 21.3. The number of carboxylic acid groups (broad SMARTS) is 1. The van der Waals surface area contributed by atoms with Gasteiger partial charge in [0.25, 0.3) is 5.69 Å². The minimum absolute atomic E-state index is 0.0526. The van der Waals surface area contributed by atoms with Crippen molar-refractivity contribution in [1.82, 2.24) is 0 Å². The van der Waals surface area contributed by atoms with Crippen molar-refractivity contribution in [1.29, 1.82) is 0 Å². The standard InChI is InChI=1S/C12H13ClN2O4/c13-8-2-4-11(15(18)19)10(6-8)14-9-3-1-7(5-9)12(16)17/h2,4,6-7,9,14H,1,3,5H2,(H,16,17). The van der Waals surface area contributed by atoms with Crippen LogP contribution in [-0.2, 0) is 4.79 Å². The van der Waals surface area contributed by atoms with Crippen molar-refractivity contribution in [2.75, 3.05) is 5.32 Å². The van der Waals surface area contributed by atoms with Crippen molar-refractivity contribution >= 4 is 28.9 Å². The predicted octanol–water partition coefficient (Wildman–Crippen LogP) is 2.91. The van der Waals surface area contributed by atoms with Crippen LogP contribution in [0.3, 0.4) is 0 Å². The second-order valence-corrected chi connectivity index (χ2v) is 5.04. The summed E-state index contributed by atoms with van der Waals surface area (Å²) in [6, 6.07) is 4.22. The quantitative estimate of drug-likeness (QED) is 0.655. The molecule has 0 aromatic heterocycles. The second kappa shape index (κ2) is 5.44. The molecule has 6 nitrogen and oxygen atoms in total. The number of carbonyl (C=O) groups is 1. The van der Waals surface area contributed by atoms with E-state index < -0.39 is 10.9 Å². The fourth-order valence-corrected chi connectivity index (χ4v) is 2.51. The Balaban J connectivity index is 2.13. The van der Waals surface area contributed by atoms with Gasteiger partial charge >= 0.3 is 5.97 Å². The maximum absolute atomic E-state index is 10.9. The summed E-state index contributed by atoms with van der Waals surface area (Å²) < 4.78 is 0. The molecule has 1 aromatic carbocycles. The number of nitrogens with zero attached hydrogens (tertiary/aromatic N) is 1. The van der Waals surface area contributed by atoms with E-state index in [0.717, 1.165) is 0 Å². The van der Waals surface area contributed by atoms with E-state index in [4.69, 9.17) is 16.7 Å². The lowest BCUT2D eigenvalue weighted by Gasteiger charge is -2.14. The van der Waals surface area contributed by atoms with E-state index in [9.17, 15) is 14.9 Å². The molecule has 1 aromatic rings. The van der Waals surface area contributed by atoms with Gasteiger partial charge in [0.05, 0.1) is 10.8 Å². The molecule has 102 valence electrons. The summed E-state index contributed by atoms with van der Waals surface area (Å²) in [7, 11) is 0. The normalized spacial score (nSPS) is 22.2. The molecule has 1 saturated carbocycles. The Morgan fingerprint density at radius 3 is 2.79 bits per heavy atom. The maximum Gasteiger partial charge on any atom is 0.306 e. The third-order valence-electron chi connectivity index (χ3n) is 3.30. The van der Waals surface area contributed by atoms with Gasteiger partial charge in [-0.25, -0.2) is 0 Å². The summed E-state index contributed by atoms with van der Waals surface area (Å²) in [6.07, 6.45) is 1.74. The number of carboxylic acids is 1. The minimum Gasteiger partial charge on any atom is -0.481 e. The highest BCUT2D eigenvalue weighted by molar-refractivity contribution is 6.31. The molecule has 2 atom stereocenters. The molecule has 0 radical (unpaired) electrons. The molecule has 1 aliphatic rings. The summed E-state index contributed by atoms with van der Waals surface area (Å²) in [6.45, 7) is 0. The van der Waals surface area contributed by atoms with Gasteiger partial charge in [0, 0.05) is 17.1 Å². The van der Waals surface area contributed by atoms with Gasteiger partial charge in [-0.3, -0.25) is 14.9 Å². The van der Waals surface area contributed by atoms with Crippen molar-refractivity contribution in [3.05, 3.63) is 33.3 Å². The predicted molar refractivity (Wildman–Crippen MR) is 70.5 cm³/mol. The molecule has 19 heavy (non-hydrogen) atoms. The number of hydrogen-bond donors (Lipinski definition) is 2. The van der Waals surface area contributed by atoms with Crippen molar-refractivity contribution in [3.8, 4) is 0 Å². The molecular weight excluding hydrogens is 272 g/mol. The molecular formula is C12H13ClN2O4. The van der Waals surface area contributed by atoms with Gasteiger partial charge in [-0.05, 0) is 31.4 Å². The second-order valence-electron chi connectivity index (χ2n) is 4.61. The van der Waals surface area contributed by atoms with E-state index in [-0.39, 0.29) is 17.6 Å². The van der Waals surface area contributed by atoms with Crippen LogP contribution in [0.1, 0.15) is 19.3 Å². The van der Waals surface area contributed by atoms with Crippen LogP contribution < -0.4 is 5.32 Å². The first-order chi connectivity index (χ1) is 8.97. The van der Waals surface area contributed by atoms with Gasteiger partial charge < -0.3 is 10.4 Å². The molecule has 0 heterocycles. The molecule has 2 N–H and O–H groups in total. The zero-order chi connectivity index (χ0) is 14.0. The van der Waals surface area contributed by atoms with E-state index in [1.54, 1.807) is 0 Å². The summed E-state index contributed by atoms with van der Waals surface area (Å²) in [5, 5.41) is 23.3. The first kappa shape index (κ1) is 13.6. The number of aliphatic carboxylic acids is 1. The minimum atomic E-state index is -0.815. The van der Waals surface area contributed by atoms with Crippen molar-refractivity contribution < 1.29 is 14.8 Å². The average molecular weight is 285 g/mol. The molecule has 2 rings (SSSR count). The lowest BCUT2D eigenvalue weighted by atomic mass is 10.1. The molecule has 2 unspecified atom stereocenters. The average Bonchev–Trinajstić information content (AvgIpc) is 2.77. The zero-order valence-corrected chi connectivity index (χ0v) is 10.8. The molecule has 0 amide bonds. The number of nitrogens with one attached hydrogen (secondary N) is 1. The molecule has 1 aliphatic carbocycles. The number of nitro groups is 1. The van der Waals surface area contributed by atoms with E-state index in [0.29, 0.717) is 30.0 Å². The zero-order valence-electron chi connectivity index (χ0n) is 10.0. The van der Waals surface area contributed by atoms with Crippen molar-refractivity contribution in [2.45, 2.75) is 25.3 Å². The number of benzene rings is 1. The summed E-state index contributed by atoms with van der Waals surface area (Å²) >= 11 is 5.83. The Kier molecular flexibility index (Phi) is 3.90. The van der Waals surface area contributed by atoms with E-state index in [1.165, 1.54) is 18.2 Å². The highest BCUT2D eigenvalue weighted by atomic mass is 35.5. The number of rotatable bonds is 4. The van der Waals surface area contributed by atoms with E-state index >= 15 is 0 Å². The van der Waals surface area contributed by atoms with Crippen LogP contribution in [0.2, 0.25) is 5.02 Å². The monoisotopic (exact) mass is 284 g/mol. The number of anilines is 1. The lowest BCUT2D eigenvalue weighted by Crippen LogP contribution is -2.18. The van der Waals surface area contributed by atoms with Crippen LogP contribution in [0.25, 0.3) is 0 Å². The summed E-state index contributed by atoms with van der Waals surface area (Å²) in [5.41, 5.74) is 0.289. The van der Waals surface area contributed by atoms with Gasteiger partial charge in [-0.2, -0.15) is 0 Å². The van der Waals surface area contributed by atoms with Crippen molar-refractivity contribution in [2.24, 2.45) is 5.92 Å². The topological polar surface area (TPSA) is 92.5 Å². The van der Waals surface area contributed by atoms with Crippen LogP contribution >= 0.6 is 11.6 Å². The Labute approximate surface area is 114 Å². The molecule has 0 bridgehead atoms. The molecule has 0 saturated heterocycles. The van der Waals surface area contributed by atoms with Crippen molar-refractivity contribution in [3.63, 3.8) is 0 Å². The van der Waals surface area contributed by atoms with Crippen LogP contribution in [-0.4, -0.2) is 22.0 Å². The molecule has 0 spiro atoms. The number of nitro benzene ring substituents is 1. The Morgan fingerprint density at radius 2 is 2.21 bits per heavy atom. The number of halogens is 1. The highest BCUT2D eigenvalue weighted by Gasteiger charge is 2.30. The van der Waals surface area contributed by atoms with E-state index in [1.807, 2.05) is 0 Å². The van der Waals surface area contributed by atoms with Gasteiger partial charge in [0.2, 0.25) is 0 Å². The summed E-state index contributed by atoms with van der Waals surface area (Å²) in [5.74, 6) is -1.19. The fraction of sp³-hybridized carbons (Fsp3) is 0.417. The smallest absolute Gasteiger partial charge is 0.306 e. The SMILES string of the molecule is O=C(O)C1CCC(Nc2cc(Cl)ccc2[N+](=O)[O-])C1. The van der Waals surface area contributed by atoms with Gasteiger partial charge in [0.1, 0.15) is 5.69 Å². The van der Waals surface area contributed by atoms with Crippen LogP contribution in [0.4, 0.5) is 11.4 Å². The van der Waals surface area contributed by atoms with Gasteiger partial charge in [-0.15, -0.1) is 0 Å². The Hall–Kier alpha value is -1.82. The Morgan fingerprint density at radius 1 is 1.47 bits per heavy atom. The lowest BCUT2D eigenvalue weighted by molar-refractivity contribution is -0.384. The Bertz CT molecular complexity index is 520. The number of hydrogen-bond acceptors (Lipinski definition) is 4. The van der Waals surface area contributed by atoms with Crippen LogP contribution in [0, 0.1) is 16.0 Å². The van der Waals surface area contributed by atoms with E-state index in [2.05, 4.69) is 5.32 Å². The van der Waals surface area contributed by atoms with Crippen LogP contribution in [0.5, 0.6) is 0 Å². The third kappa shape index (κ3) is 3.14. The fourth-order valence-electron chi connectivity index (χ4n) is 2.34.